The Morgan fingerprint density at radius 2 is 2.33 bits per heavy atom. The van der Waals surface area contributed by atoms with Crippen molar-refractivity contribution in [1.82, 2.24) is 9.97 Å². The molecule has 2 N–H and O–H groups in total. The van der Waals surface area contributed by atoms with Crippen LogP contribution >= 0.6 is 11.3 Å². The number of aryl methyl sites for hydroxylation is 1. The van der Waals surface area contributed by atoms with Gasteiger partial charge in [0.25, 0.3) is 5.91 Å². The molecule has 1 aliphatic rings. The zero-order chi connectivity index (χ0) is 14.8. The van der Waals surface area contributed by atoms with E-state index in [-0.39, 0.29) is 17.5 Å². The second-order valence-corrected chi connectivity index (χ2v) is 5.67. The second kappa shape index (κ2) is 5.49. The van der Waals surface area contributed by atoms with Crippen molar-refractivity contribution in [1.29, 1.82) is 0 Å². The van der Waals surface area contributed by atoms with Gasteiger partial charge in [-0.15, -0.1) is 11.3 Å². The first-order chi connectivity index (χ1) is 10.1. The molecule has 0 saturated carbocycles. The first-order valence-corrected chi connectivity index (χ1v) is 7.30. The second-order valence-electron chi connectivity index (χ2n) is 4.61. The van der Waals surface area contributed by atoms with Crippen LogP contribution < -0.4 is 5.32 Å². The molecule has 6 heteroatoms. The van der Waals surface area contributed by atoms with Gasteiger partial charge in [0.15, 0.2) is 11.6 Å². The van der Waals surface area contributed by atoms with Gasteiger partial charge < -0.3 is 10.4 Å². The van der Waals surface area contributed by atoms with E-state index in [1.54, 1.807) is 17.4 Å². The highest BCUT2D eigenvalue weighted by Crippen LogP contribution is 2.28. The molecule has 3 rings (SSSR count). The van der Waals surface area contributed by atoms with Crippen LogP contribution in [-0.4, -0.2) is 21.0 Å². The molecular formula is C15H13N3O2S. The molecule has 1 aliphatic carbocycles. The topological polar surface area (TPSA) is 75.1 Å². The number of carbonyl (C=O) groups excluding carboxylic acids is 1. The average molecular weight is 299 g/mol. The van der Waals surface area contributed by atoms with Gasteiger partial charge in [-0.25, -0.2) is 9.97 Å². The molecule has 2 heterocycles. The third-order valence-electron chi connectivity index (χ3n) is 3.10. The third-order valence-corrected chi connectivity index (χ3v) is 3.87. The Hall–Kier alpha value is -2.47. The Balaban J connectivity index is 1.74. The molecule has 5 nitrogen and oxygen atoms in total. The van der Waals surface area contributed by atoms with Crippen LogP contribution in [-0.2, 0) is 4.79 Å². The minimum absolute atomic E-state index is 0.0484. The predicted octanol–water partition coefficient (Wildman–Crippen LogP) is 2.90. The van der Waals surface area contributed by atoms with Crippen molar-refractivity contribution in [3.63, 3.8) is 0 Å². The number of anilines is 1. The molecule has 0 aliphatic heterocycles. The summed E-state index contributed by atoms with van der Waals surface area (Å²) in [5, 5.41) is 15.2. The molecule has 0 radical (unpaired) electrons. The lowest BCUT2D eigenvalue weighted by atomic mass is 10.2. The van der Waals surface area contributed by atoms with E-state index in [1.165, 1.54) is 12.3 Å². The number of aromatic hydroxyl groups is 1. The molecular weight excluding hydrogens is 286 g/mol. The van der Waals surface area contributed by atoms with Crippen LogP contribution in [0.3, 0.4) is 0 Å². The number of nitrogens with zero attached hydrogens (tertiary/aromatic N) is 2. The molecule has 0 unspecified atom stereocenters. The summed E-state index contributed by atoms with van der Waals surface area (Å²) in [5.41, 5.74) is 2.47. The zero-order valence-corrected chi connectivity index (χ0v) is 12.1. The highest BCUT2D eigenvalue weighted by Gasteiger charge is 2.17. The molecule has 0 saturated heterocycles. The maximum atomic E-state index is 12.2. The summed E-state index contributed by atoms with van der Waals surface area (Å²) in [6.07, 6.45) is 5.86. The Kier molecular flexibility index (Phi) is 3.53. The van der Waals surface area contributed by atoms with E-state index < -0.39 is 0 Å². The van der Waals surface area contributed by atoms with Crippen LogP contribution in [0.4, 0.5) is 5.82 Å². The summed E-state index contributed by atoms with van der Waals surface area (Å²) < 4.78 is 0. The number of amides is 1. The number of carbonyl (C=O) groups is 1. The minimum atomic E-state index is -0.262. The van der Waals surface area contributed by atoms with Gasteiger partial charge >= 0.3 is 0 Å². The molecule has 1 amide bonds. The van der Waals surface area contributed by atoms with Gasteiger partial charge in [0, 0.05) is 17.2 Å². The van der Waals surface area contributed by atoms with Crippen molar-refractivity contribution in [3.8, 4) is 5.75 Å². The zero-order valence-electron chi connectivity index (χ0n) is 11.3. The highest BCUT2D eigenvalue weighted by atomic mass is 32.1. The summed E-state index contributed by atoms with van der Waals surface area (Å²) in [6.45, 7) is 1.95. The van der Waals surface area contributed by atoms with Crippen LogP contribution in [0, 0.1) is 6.92 Å². The van der Waals surface area contributed by atoms with E-state index in [0.29, 0.717) is 12.0 Å². The predicted molar refractivity (Wildman–Crippen MR) is 82.1 cm³/mol. The van der Waals surface area contributed by atoms with Gasteiger partial charge in [-0.2, -0.15) is 0 Å². The molecule has 0 atom stereocenters. The number of nitrogens with one attached hydrogen (secondary N) is 1. The molecule has 2 aromatic heterocycles. The summed E-state index contributed by atoms with van der Waals surface area (Å²) in [4.78, 5) is 20.5. The fourth-order valence-corrected chi connectivity index (χ4v) is 2.66. The van der Waals surface area contributed by atoms with Gasteiger partial charge in [-0.05, 0) is 37.1 Å². The van der Waals surface area contributed by atoms with Crippen molar-refractivity contribution in [2.75, 3.05) is 5.32 Å². The molecule has 106 valence electrons. The Labute approximate surface area is 125 Å². The molecule has 0 aromatic carbocycles. The van der Waals surface area contributed by atoms with Crippen LogP contribution in [0.2, 0.25) is 0 Å². The first kappa shape index (κ1) is 13.5. The number of allylic oxidation sites excluding steroid dienone is 3. The number of aromatic nitrogens is 2. The number of hydrogen-bond donors (Lipinski definition) is 2. The lowest BCUT2D eigenvalue weighted by Gasteiger charge is -2.05. The molecule has 0 bridgehead atoms. The van der Waals surface area contributed by atoms with E-state index in [9.17, 15) is 9.90 Å². The number of hydrogen-bond acceptors (Lipinski definition) is 5. The number of pyridine rings is 1. The third kappa shape index (κ3) is 2.85. The quantitative estimate of drug-likeness (QED) is 0.913. The van der Waals surface area contributed by atoms with Crippen molar-refractivity contribution in [3.05, 3.63) is 52.1 Å². The lowest BCUT2D eigenvalue weighted by Crippen LogP contribution is -2.14. The number of rotatable bonds is 3. The van der Waals surface area contributed by atoms with Gasteiger partial charge in [0.2, 0.25) is 0 Å². The maximum Gasteiger partial charge on any atom is 0.253 e. The lowest BCUT2D eigenvalue weighted by molar-refractivity contribution is -0.112. The smallest absolute Gasteiger partial charge is 0.253 e. The minimum Gasteiger partial charge on any atom is -0.504 e. The molecule has 0 spiro atoms. The summed E-state index contributed by atoms with van der Waals surface area (Å²) in [5.74, 6) is -0.142. The summed E-state index contributed by atoms with van der Waals surface area (Å²) in [6, 6.07) is 3.08. The van der Waals surface area contributed by atoms with E-state index in [4.69, 9.17) is 0 Å². The summed E-state index contributed by atoms with van der Waals surface area (Å²) >= 11 is 1.58. The monoisotopic (exact) mass is 299 g/mol. The van der Waals surface area contributed by atoms with Crippen molar-refractivity contribution >= 4 is 28.6 Å². The Morgan fingerprint density at radius 1 is 1.48 bits per heavy atom. The summed E-state index contributed by atoms with van der Waals surface area (Å²) in [7, 11) is 0. The van der Waals surface area contributed by atoms with E-state index in [1.807, 2.05) is 24.5 Å². The van der Waals surface area contributed by atoms with Gasteiger partial charge in [0.1, 0.15) is 0 Å². The van der Waals surface area contributed by atoms with Gasteiger partial charge in [-0.3, -0.25) is 4.79 Å². The Bertz CT molecular complexity index is 762. The van der Waals surface area contributed by atoms with E-state index in [0.717, 1.165) is 16.3 Å². The largest absolute Gasteiger partial charge is 0.504 e. The van der Waals surface area contributed by atoms with Crippen LogP contribution in [0.25, 0.3) is 5.57 Å². The Morgan fingerprint density at radius 3 is 3.05 bits per heavy atom. The standard InChI is InChI=1S/C15H13N3O2S/c1-9-17-12(8-21-9)10-4-5-11(7-10)15(20)18-14-13(19)3-2-6-16-14/h2-4,6-8,19H,5H2,1H3,(H,16,18,20). The van der Waals surface area contributed by atoms with E-state index >= 15 is 0 Å². The first-order valence-electron chi connectivity index (χ1n) is 6.42. The average Bonchev–Trinajstić information content (AvgIpc) is 3.10. The van der Waals surface area contributed by atoms with Crippen molar-refractivity contribution < 1.29 is 9.90 Å². The SMILES string of the molecule is Cc1nc(C2=CCC(C(=O)Nc3ncccc3O)=C2)cs1. The van der Waals surface area contributed by atoms with Crippen molar-refractivity contribution in [2.24, 2.45) is 0 Å². The van der Waals surface area contributed by atoms with E-state index in [2.05, 4.69) is 15.3 Å². The highest BCUT2D eigenvalue weighted by molar-refractivity contribution is 7.09. The van der Waals surface area contributed by atoms with Crippen LogP contribution in [0.1, 0.15) is 17.1 Å². The fourth-order valence-electron chi connectivity index (χ4n) is 2.04. The van der Waals surface area contributed by atoms with Crippen molar-refractivity contribution in [2.45, 2.75) is 13.3 Å². The molecule has 21 heavy (non-hydrogen) atoms. The maximum absolute atomic E-state index is 12.2. The van der Waals surface area contributed by atoms with Gasteiger partial charge in [-0.1, -0.05) is 6.08 Å². The normalized spacial score (nSPS) is 13.8. The van der Waals surface area contributed by atoms with Crippen LogP contribution in [0.15, 0.2) is 41.4 Å². The van der Waals surface area contributed by atoms with Crippen LogP contribution in [0.5, 0.6) is 5.75 Å². The molecule has 2 aromatic rings. The fraction of sp³-hybridized carbons (Fsp3) is 0.133. The molecule has 0 fully saturated rings. The number of thiazole rings is 1. The van der Waals surface area contributed by atoms with Gasteiger partial charge in [0.05, 0.1) is 10.7 Å².